The first-order valence-corrected chi connectivity index (χ1v) is 6.77. The summed E-state index contributed by atoms with van der Waals surface area (Å²) in [5.74, 6) is 0. The summed E-state index contributed by atoms with van der Waals surface area (Å²) in [6.07, 6.45) is -4.01. The second-order valence-electron chi connectivity index (χ2n) is 4.26. The van der Waals surface area contributed by atoms with Gasteiger partial charge >= 0.3 is 6.18 Å². The average molecular weight is 332 g/mol. The maximum absolute atomic E-state index is 12.6. The van der Waals surface area contributed by atoms with Crippen LogP contribution in [-0.2, 0) is 12.6 Å². The predicted molar refractivity (Wildman–Crippen MR) is 74.4 cm³/mol. The highest BCUT2D eigenvalue weighted by molar-refractivity contribution is 8.13. The highest BCUT2D eigenvalue weighted by Crippen LogP contribution is 2.30. The molecule has 0 atom stereocenters. The lowest BCUT2D eigenvalue weighted by atomic mass is 10.1. The molecule has 0 fully saturated rings. The molecule has 2 aromatic carbocycles. The van der Waals surface area contributed by atoms with Gasteiger partial charge < -0.3 is 12.4 Å². The summed E-state index contributed by atoms with van der Waals surface area (Å²) in [6, 6.07) is 14.7. The van der Waals surface area contributed by atoms with E-state index in [1.54, 1.807) is 6.07 Å². The van der Waals surface area contributed by atoms with Crippen molar-refractivity contribution in [2.24, 2.45) is 0 Å². The van der Waals surface area contributed by atoms with Crippen molar-refractivity contribution in [3.63, 3.8) is 0 Å². The number of nitrogens with two attached hydrogens (primary N) is 1. The molecule has 0 aromatic heterocycles. The van der Waals surface area contributed by atoms with Gasteiger partial charge in [0.1, 0.15) is 0 Å². The zero-order chi connectivity index (χ0) is 14.6. The lowest BCUT2D eigenvalue weighted by Gasteiger charge is -2.07. The van der Waals surface area contributed by atoms with Crippen molar-refractivity contribution in [3.05, 3.63) is 65.7 Å². The monoisotopic (exact) mass is 331 g/mol. The van der Waals surface area contributed by atoms with Crippen LogP contribution in [0.4, 0.5) is 13.2 Å². The maximum atomic E-state index is 12.6. The van der Waals surface area contributed by atoms with E-state index in [-0.39, 0.29) is 12.4 Å². The summed E-state index contributed by atoms with van der Waals surface area (Å²) < 4.78 is 37.8. The molecule has 0 saturated carbocycles. The number of hydrogen-bond acceptors (Lipinski definition) is 1. The van der Waals surface area contributed by atoms with Gasteiger partial charge in [0.15, 0.2) is 0 Å². The van der Waals surface area contributed by atoms with Crippen molar-refractivity contribution in [2.45, 2.75) is 17.5 Å². The molecule has 2 aromatic rings. The number of halogens is 4. The second kappa shape index (κ2) is 7.52. The molecule has 2 rings (SSSR count). The summed E-state index contributed by atoms with van der Waals surface area (Å²) in [5, 5.41) is 6.46. The predicted octanol–water partition coefficient (Wildman–Crippen LogP) is 0.202. The second-order valence-corrected chi connectivity index (χ2v) is 5.46. The van der Waals surface area contributed by atoms with E-state index in [9.17, 15) is 13.2 Å². The smallest absolute Gasteiger partial charge is 0.416 e. The fourth-order valence-electron chi connectivity index (χ4n) is 1.73. The van der Waals surface area contributed by atoms with Crippen LogP contribution >= 0.6 is 11.8 Å². The molecular weight excluding hydrogens is 319 g/mol. The standard InChI is InChI=1S/C15H12F3NS.ClH/c16-15(17,18)12-6-4-5-11(9-12)10-14(19)20-13-7-2-1-3-8-13;/h1-9,19H,10H2;1H. The Hall–Kier alpha value is -1.46. The molecule has 0 spiro atoms. The van der Waals surface area contributed by atoms with Crippen molar-refractivity contribution < 1.29 is 31.0 Å². The third kappa shape index (κ3) is 5.44. The fraction of sp³-hybridized carbons (Fsp3) is 0.133. The zero-order valence-electron chi connectivity index (χ0n) is 10.9. The summed E-state index contributed by atoms with van der Waals surface area (Å²) in [4.78, 5) is 0.969. The highest BCUT2D eigenvalue weighted by Gasteiger charge is 2.30. The van der Waals surface area contributed by atoms with E-state index in [1.165, 1.54) is 17.8 Å². The first kappa shape index (κ1) is 17.6. The van der Waals surface area contributed by atoms with Crippen LogP contribution in [0.5, 0.6) is 0 Å². The third-order valence-corrected chi connectivity index (χ3v) is 3.54. The Morgan fingerprint density at radius 1 is 1.00 bits per heavy atom. The minimum atomic E-state index is -4.32. The van der Waals surface area contributed by atoms with E-state index in [0.29, 0.717) is 17.0 Å². The van der Waals surface area contributed by atoms with Gasteiger partial charge in [0, 0.05) is 4.90 Å². The molecule has 0 unspecified atom stereocenters. The Bertz CT molecular complexity index is 599. The Labute approximate surface area is 131 Å². The molecule has 0 aliphatic rings. The lowest BCUT2D eigenvalue weighted by Crippen LogP contribution is -3.00. The van der Waals surface area contributed by atoms with Crippen molar-refractivity contribution in [3.8, 4) is 0 Å². The van der Waals surface area contributed by atoms with Gasteiger partial charge in [-0.3, -0.25) is 5.41 Å². The number of rotatable bonds is 3. The molecule has 0 heterocycles. The molecule has 0 aliphatic heterocycles. The Kier molecular flexibility index (Phi) is 6.30. The van der Waals surface area contributed by atoms with Crippen molar-refractivity contribution in [2.75, 3.05) is 0 Å². The van der Waals surface area contributed by atoms with Crippen LogP contribution in [0.1, 0.15) is 11.1 Å². The molecule has 6 heteroatoms. The van der Waals surface area contributed by atoms with Crippen LogP contribution in [0.15, 0.2) is 59.5 Å². The van der Waals surface area contributed by atoms with E-state index >= 15 is 0 Å². The number of benzene rings is 2. The molecule has 112 valence electrons. The SMILES string of the molecule is [Cl-].[NH2+]=C(Cc1cccc(C(F)(F)F)c1)Sc1ccccc1. The fourth-order valence-corrected chi connectivity index (χ4v) is 2.57. The van der Waals surface area contributed by atoms with Crippen LogP contribution in [0.3, 0.4) is 0 Å². The Morgan fingerprint density at radius 3 is 2.29 bits per heavy atom. The van der Waals surface area contributed by atoms with Gasteiger partial charge in [-0.2, -0.15) is 13.2 Å². The van der Waals surface area contributed by atoms with Crippen molar-refractivity contribution >= 4 is 16.8 Å². The molecule has 2 N–H and O–H groups in total. The average Bonchev–Trinajstić information content (AvgIpc) is 2.39. The minimum absolute atomic E-state index is 0. The largest absolute Gasteiger partial charge is 1.00 e. The van der Waals surface area contributed by atoms with E-state index < -0.39 is 11.7 Å². The molecule has 0 aliphatic carbocycles. The van der Waals surface area contributed by atoms with Gasteiger partial charge in [0.2, 0.25) is 5.04 Å². The van der Waals surface area contributed by atoms with E-state index in [0.717, 1.165) is 17.0 Å². The molecule has 0 bridgehead atoms. The van der Waals surface area contributed by atoms with Gasteiger partial charge in [-0.05, 0) is 35.5 Å². The van der Waals surface area contributed by atoms with Crippen LogP contribution in [-0.4, -0.2) is 5.04 Å². The van der Waals surface area contributed by atoms with Crippen molar-refractivity contribution in [1.82, 2.24) is 0 Å². The topological polar surface area (TPSA) is 25.6 Å². The maximum Gasteiger partial charge on any atom is 0.416 e. The molecule has 1 nitrogen and oxygen atoms in total. The van der Waals surface area contributed by atoms with Crippen molar-refractivity contribution in [1.29, 1.82) is 0 Å². The quantitative estimate of drug-likeness (QED) is 0.485. The molecule has 0 amide bonds. The number of thioether (sulfide) groups is 1. The summed E-state index contributed by atoms with van der Waals surface area (Å²) in [5.41, 5.74) is -0.0896. The van der Waals surface area contributed by atoms with Gasteiger partial charge in [0.05, 0.1) is 12.0 Å². The van der Waals surface area contributed by atoms with E-state index in [2.05, 4.69) is 0 Å². The highest BCUT2D eigenvalue weighted by atomic mass is 35.5. The number of hydrogen-bond donors (Lipinski definition) is 1. The van der Waals surface area contributed by atoms with Crippen LogP contribution in [0, 0.1) is 0 Å². The normalized spacial score (nSPS) is 10.8. The van der Waals surface area contributed by atoms with E-state index in [4.69, 9.17) is 5.41 Å². The van der Waals surface area contributed by atoms with Gasteiger partial charge in [-0.25, -0.2) is 0 Å². The lowest BCUT2D eigenvalue weighted by molar-refractivity contribution is -0.137. The molecular formula is C15H13ClF3NS. The third-order valence-electron chi connectivity index (χ3n) is 2.62. The van der Waals surface area contributed by atoms with Gasteiger partial charge in [-0.1, -0.05) is 36.4 Å². The Morgan fingerprint density at radius 2 is 1.67 bits per heavy atom. The summed E-state index contributed by atoms with van der Waals surface area (Å²) in [7, 11) is 0. The van der Waals surface area contributed by atoms with Crippen LogP contribution < -0.4 is 17.8 Å². The van der Waals surface area contributed by atoms with Crippen LogP contribution in [0.2, 0.25) is 0 Å². The molecule has 0 radical (unpaired) electrons. The Balaban J connectivity index is 0.00000220. The van der Waals surface area contributed by atoms with E-state index in [1.807, 2.05) is 30.3 Å². The van der Waals surface area contributed by atoms with Crippen LogP contribution in [0.25, 0.3) is 0 Å². The zero-order valence-corrected chi connectivity index (χ0v) is 12.5. The van der Waals surface area contributed by atoms with Gasteiger partial charge in [0.25, 0.3) is 0 Å². The first-order valence-electron chi connectivity index (χ1n) is 5.95. The minimum Gasteiger partial charge on any atom is -1.00 e. The number of alkyl halides is 3. The molecule has 21 heavy (non-hydrogen) atoms. The molecule has 0 saturated heterocycles. The first-order chi connectivity index (χ1) is 9.45. The summed E-state index contributed by atoms with van der Waals surface area (Å²) >= 11 is 1.36. The summed E-state index contributed by atoms with van der Waals surface area (Å²) in [6.45, 7) is 0. The van der Waals surface area contributed by atoms with Gasteiger partial charge in [-0.15, -0.1) is 0 Å².